The summed E-state index contributed by atoms with van der Waals surface area (Å²) in [4.78, 5) is 2.27. The van der Waals surface area contributed by atoms with Crippen LogP contribution in [0.1, 0.15) is 26.2 Å². The zero-order chi connectivity index (χ0) is 10.9. The van der Waals surface area contributed by atoms with Crippen LogP contribution in [0, 0.1) is 5.41 Å². The topological polar surface area (TPSA) is 12.5 Å². The number of morpholine rings is 1. The molecule has 0 spiro atoms. The standard InChI is InChI=1S/C11H19F2NO/c1-2-10(7-11(12,13)8-10)9-14-3-5-15-6-4-14/h2-9H2,1H3. The smallest absolute Gasteiger partial charge is 0.249 e. The van der Waals surface area contributed by atoms with E-state index in [-0.39, 0.29) is 18.3 Å². The lowest BCUT2D eigenvalue weighted by Gasteiger charge is -2.49. The van der Waals surface area contributed by atoms with Gasteiger partial charge in [0.1, 0.15) is 0 Å². The molecule has 1 aliphatic heterocycles. The molecule has 0 aromatic rings. The first-order valence-corrected chi connectivity index (χ1v) is 5.73. The number of hydrogen-bond donors (Lipinski definition) is 0. The van der Waals surface area contributed by atoms with Crippen LogP contribution in [-0.4, -0.2) is 43.7 Å². The molecule has 0 bridgehead atoms. The number of halogens is 2. The average molecular weight is 219 g/mol. The normalized spacial score (nSPS) is 29.8. The van der Waals surface area contributed by atoms with E-state index in [0.717, 1.165) is 39.3 Å². The van der Waals surface area contributed by atoms with E-state index in [1.54, 1.807) is 0 Å². The van der Waals surface area contributed by atoms with Gasteiger partial charge in [0.25, 0.3) is 0 Å². The van der Waals surface area contributed by atoms with E-state index in [1.807, 2.05) is 6.92 Å². The molecule has 2 nitrogen and oxygen atoms in total. The molecule has 2 aliphatic rings. The molecule has 0 aromatic heterocycles. The van der Waals surface area contributed by atoms with Crippen LogP contribution in [0.25, 0.3) is 0 Å². The third kappa shape index (κ3) is 2.48. The summed E-state index contributed by atoms with van der Waals surface area (Å²) in [7, 11) is 0. The number of hydrogen-bond acceptors (Lipinski definition) is 2. The first-order chi connectivity index (χ1) is 7.05. The predicted octanol–water partition coefficient (Wildman–Crippen LogP) is 2.14. The zero-order valence-corrected chi connectivity index (χ0v) is 9.27. The zero-order valence-electron chi connectivity index (χ0n) is 9.27. The summed E-state index contributed by atoms with van der Waals surface area (Å²) < 4.78 is 31.1. The third-order valence-corrected chi connectivity index (χ3v) is 3.68. The van der Waals surface area contributed by atoms with Crippen molar-refractivity contribution in [2.45, 2.75) is 32.1 Å². The Kier molecular flexibility index (Phi) is 2.99. The Bertz CT molecular complexity index is 219. The summed E-state index contributed by atoms with van der Waals surface area (Å²) in [6, 6.07) is 0. The minimum absolute atomic E-state index is 0.0772. The van der Waals surface area contributed by atoms with Crippen LogP contribution >= 0.6 is 0 Å². The fourth-order valence-electron chi connectivity index (χ4n) is 2.75. The summed E-state index contributed by atoms with van der Waals surface area (Å²) in [6.45, 7) is 6.13. The SMILES string of the molecule is CCC1(CN2CCOCC2)CC(F)(F)C1. The van der Waals surface area contributed by atoms with Crippen molar-refractivity contribution in [3.05, 3.63) is 0 Å². The van der Waals surface area contributed by atoms with Gasteiger partial charge in [-0.25, -0.2) is 8.78 Å². The Morgan fingerprint density at radius 2 is 1.80 bits per heavy atom. The summed E-state index contributed by atoms with van der Waals surface area (Å²) in [5.74, 6) is -2.40. The van der Waals surface area contributed by atoms with Crippen LogP contribution < -0.4 is 0 Å². The molecule has 0 atom stereocenters. The summed E-state index contributed by atoms with van der Waals surface area (Å²) in [5.41, 5.74) is -0.124. The van der Waals surface area contributed by atoms with Crippen molar-refractivity contribution >= 4 is 0 Å². The van der Waals surface area contributed by atoms with Crippen LogP contribution in [0.15, 0.2) is 0 Å². The Hall–Kier alpha value is -0.220. The monoisotopic (exact) mass is 219 g/mol. The molecule has 0 unspecified atom stereocenters. The fourth-order valence-corrected chi connectivity index (χ4v) is 2.75. The second kappa shape index (κ2) is 3.98. The molecule has 0 radical (unpaired) electrons. The second-order valence-electron chi connectivity index (χ2n) is 4.95. The Morgan fingerprint density at radius 3 is 2.27 bits per heavy atom. The summed E-state index contributed by atoms with van der Waals surface area (Å²) in [5, 5.41) is 0. The first-order valence-electron chi connectivity index (χ1n) is 5.73. The fraction of sp³-hybridized carbons (Fsp3) is 1.00. The van der Waals surface area contributed by atoms with E-state index in [4.69, 9.17) is 4.74 Å². The molecule has 1 heterocycles. The van der Waals surface area contributed by atoms with Crippen LogP contribution in [0.4, 0.5) is 8.78 Å². The maximum absolute atomic E-state index is 12.9. The molecular formula is C11H19F2NO. The first kappa shape index (κ1) is 11.3. The highest BCUT2D eigenvalue weighted by Crippen LogP contribution is 2.54. The molecular weight excluding hydrogens is 200 g/mol. The lowest BCUT2D eigenvalue weighted by molar-refractivity contribution is -0.173. The molecule has 1 saturated carbocycles. The van der Waals surface area contributed by atoms with Gasteiger partial charge in [-0.15, -0.1) is 0 Å². The average Bonchev–Trinajstić information content (AvgIpc) is 2.16. The molecule has 1 aliphatic carbocycles. The number of ether oxygens (including phenoxy) is 1. The maximum atomic E-state index is 12.9. The molecule has 2 rings (SSSR count). The van der Waals surface area contributed by atoms with Gasteiger partial charge in [-0.2, -0.15) is 0 Å². The Morgan fingerprint density at radius 1 is 1.20 bits per heavy atom. The van der Waals surface area contributed by atoms with Crippen molar-refractivity contribution in [1.29, 1.82) is 0 Å². The van der Waals surface area contributed by atoms with E-state index < -0.39 is 5.92 Å². The minimum Gasteiger partial charge on any atom is -0.379 e. The van der Waals surface area contributed by atoms with Crippen LogP contribution in [0.3, 0.4) is 0 Å². The van der Waals surface area contributed by atoms with E-state index in [0.29, 0.717) is 0 Å². The van der Waals surface area contributed by atoms with Crippen LogP contribution in [-0.2, 0) is 4.74 Å². The molecule has 0 aromatic carbocycles. The summed E-state index contributed by atoms with van der Waals surface area (Å²) in [6.07, 6.45) is 1.02. The molecule has 0 amide bonds. The molecule has 0 N–H and O–H groups in total. The van der Waals surface area contributed by atoms with Gasteiger partial charge in [0, 0.05) is 32.5 Å². The number of nitrogens with zero attached hydrogens (tertiary/aromatic N) is 1. The van der Waals surface area contributed by atoms with E-state index in [2.05, 4.69) is 4.90 Å². The minimum atomic E-state index is -2.40. The molecule has 88 valence electrons. The van der Waals surface area contributed by atoms with E-state index >= 15 is 0 Å². The van der Waals surface area contributed by atoms with E-state index in [1.165, 1.54) is 0 Å². The number of alkyl halides is 2. The van der Waals surface area contributed by atoms with Gasteiger partial charge < -0.3 is 4.74 Å². The largest absolute Gasteiger partial charge is 0.379 e. The summed E-state index contributed by atoms with van der Waals surface area (Å²) >= 11 is 0. The van der Waals surface area contributed by atoms with Gasteiger partial charge in [0.15, 0.2) is 0 Å². The van der Waals surface area contributed by atoms with Crippen molar-refractivity contribution in [2.24, 2.45) is 5.41 Å². The van der Waals surface area contributed by atoms with Gasteiger partial charge in [-0.3, -0.25) is 4.90 Å². The highest BCUT2D eigenvalue weighted by Gasteiger charge is 2.55. The Labute approximate surface area is 89.6 Å². The quantitative estimate of drug-likeness (QED) is 0.721. The van der Waals surface area contributed by atoms with Crippen molar-refractivity contribution < 1.29 is 13.5 Å². The number of rotatable bonds is 3. The predicted molar refractivity (Wildman–Crippen MR) is 54.2 cm³/mol. The molecule has 15 heavy (non-hydrogen) atoms. The second-order valence-corrected chi connectivity index (χ2v) is 4.95. The van der Waals surface area contributed by atoms with Crippen molar-refractivity contribution in [1.82, 2.24) is 4.90 Å². The lowest BCUT2D eigenvalue weighted by Crippen LogP contribution is -2.53. The van der Waals surface area contributed by atoms with Crippen molar-refractivity contribution in [3.8, 4) is 0 Å². The van der Waals surface area contributed by atoms with Gasteiger partial charge in [-0.05, 0) is 11.8 Å². The van der Waals surface area contributed by atoms with Crippen LogP contribution in [0.2, 0.25) is 0 Å². The third-order valence-electron chi connectivity index (χ3n) is 3.68. The van der Waals surface area contributed by atoms with Gasteiger partial charge >= 0.3 is 0 Å². The lowest BCUT2D eigenvalue weighted by atomic mass is 9.64. The van der Waals surface area contributed by atoms with Crippen molar-refractivity contribution in [3.63, 3.8) is 0 Å². The van der Waals surface area contributed by atoms with E-state index in [9.17, 15) is 8.78 Å². The molecule has 1 saturated heterocycles. The Balaban J connectivity index is 1.86. The highest BCUT2D eigenvalue weighted by molar-refractivity contribution is 4.99. The van der Waals surface area contributed by atoms with Gasteiger partial charge in [0.05, 0.1) is 13.2 Å². The molecule has 4 heteroatoms. The van der Waals surface area contributed by atoms with Gasteiger partial charge in [-0.1, -0.05) is 6.92 Å². The maximum Gasteiger partial charge on any atom is 0.249 e. The van der Waals surface area contributed by atoms with Crippen molar-refractivity contribution in [2.75, 3.05) is 32.8 Å². The molecule has 2 fully saturated rings. The van der Waals surface area contributed by atoms with Crippen LogP contribution in [0.5, 0.6) is 0 Å². The highest BCUT2D eigenvalue weighted by atomic mass is 19.3. The van der Waals surface area contributed by atoms with Gasteiger partial charge in [0.2, 0.25) is 5.92 Å².